The fourth-order valence-electron chi connectivity index (χ4n) is 4.72. The Balaban J connectivity index is 1.64. The van der Waals surface area contributed by atoms with E-state index in [1.54, 1.807) is 25.1 Å². The van der Waals surface area contributed by atoms with Gasteiger partial charge in [-0.1, -0.05) is 24.3 Å². The fourth-order valence-corrected chi connectivity index (χ4v) is 5.51. The lowest BCUT2D eigenvalue weighted by atomic mass is 9.85. The van der Waals surface area contributed by atoms with E-state index < -0.39 is 47.4 Å². The number of carbonyl (C=O) groups excluding carboxylic acids is 5. The molecule has 0 radical (unpaired) electrons. The molecule has 178 valence electrons. The summed E-state index contributed by atoms with van der Waals surface area (Å²) in [5.74, 6) is -6.65. The Morgan fingerprint density at radius 1 is 1.11 bits per heavy atom. The molecule has 1 aromatic carbocycles. The van der Waals surface area contributed by atoms with E-state index in [2.05, 4.69) is 4.99 Å². The molecule has 35 heavy (non-hydrogen) atoms. The van der Waals surface area contributed by atoms with Gasteiger partial charge in [0.25, 0.3) is 0 Å². The average Bonchev–Trinajstić information content (AvgIpc) is 3.59. The van der Waals surface area contributed by atoms with E-state index in [-0.39, 0.29) is 45.3 Å². The normalized spacial score (nSPS) is 22.9. The Hall–Kier alpha value is -4.12. The average molecular weight is 494 g/mol. The maximum Gasteiger partial charge on any atom is 0.350 e. The summed E-state index contributed by atoms with van der Waals surface area (Å²) in [6, 6.07) is 6.38. The van der Waals surface area contributed by atoms with Gasteiger partial charge >= 0.3 is 11.9 Å². The monoisotopic (exact) mass is 494 g/mol. The van der Waals surface area contributed by atoms with Crippen LogP contribution in [-0.4, -0.2) is 60.1 Å². The zero-order chi connectivity index (χ0) is 25.0. The van der Waals surface area contributed by atoms with Crippen LogP contribution in [0.3, 0.4) is 0 Å². The van der Waals surface area contributed by atoms with Crippen LogP contribution in [-0.2, 0) is 23.9 Å². The van der Waals surface area contributed by atoms with Crippen molar-refractivity contribution in [1.29, 1.82) is 0 Å². The van der Waals surface area contributed by atoms with Gasteiger partial charge in [-0.05, 0) is 18.4 Å². The molecule has 2 aliphatic heterocycles. The van der Waals surface area contributed by atoms with Gasteiger partial charge < -0.3 is 14.6 Å². The minimum atomic E-state index is -1.39. The number of carbonyl (C=O) groups is 5. The van der Waals surface area contributed by atoms with Crippen molar-refractivity contribution in [2.75, 3.05) is 18.6 Å². The predicted octanol–water partition coefficient (Wildman–Crippen LogP) is 2.19. The second kappa shape index (κ2) is 8.27. The summed E-state index contributed by atoms with van der Waals surface area (Å²) in [4.78, 5) is 70.5. The van der Waals surface area contributed by atoms with Crippen molar-refractivity contribution in [3.63, 3.8) is 0 Å². The molecule has 3 heterocycles. The summed E-state index contributed by atoms with van der Waals surface area (Å²) in [6.07, 6.45) is 0. The summed E-state index contributed by atoms with van der Waals surface area (Å²) in [7, 11) is 1.17. The molecule has 2 amide bonds. The van der Waals surface area contributed by atoms with E-state index in [1.807, 2.05) is 0 Å². The van der Waals surface area contributed by atoms with Gasteiger partial charge in [0.05, 0.1) is 42.5 Å². The van der Waals surface area contributed by atoms with Crippen molar-refractivity contribution >= 4 is 58.0 Å². The van der Waals surface area contributed by atoms with E-state index in [9.17, 15) is 29.1 Å². The van der Waals surface area contributed by atoms with Crippen molar-refractivity contribution in [2.24, 2.45) is 16.8 Å². The SMILES string of the molecule is CCOC(=O)[C@H]1N=C(C2=C(O)c3ccccc3C2=O)[C@H]2C(=O)N(c3ccsc3C(=O)OC)C(=O)[C@@H]21. The molecular formula is C24H18N2O8S. The molecule has 2 aromatic rings. The van der Waals surface area contributed by atoms with Gasteiger partial charge in [-0.15, -0.1) is 11.3 Å². The number of benzene rings is 1. The molecule has 1 aliphatic carbocycles. The Morgan fingerprint density at radius 3 is 2.49 bits per heavy atom. The fraction of sp³-hybridized carbons (Fsp3) is 0.250. The molecule has 5 rings (SSSR count). The number of ketones is 1. The van der Waals surface area contributed by atoms with Gasteiger partial charge in [0.15, 0.2) is 11.8 Å². The molecule has 1 N–H and O–H groups in total. The largest absolute Gasteiger partial charge is 0.506 e. The predicted molar refractivity (Wildman–Crippen MR) is 123 cm³/mol. The van der Waals surface area contributed by atoms with E-state index in [1.165, 1.54) is 24.6 Å². The lowest BCUT2D eigenvalue weighted by molar-refractivity contribution is -0.147. The molecule has 0 bridgehead atoms. The first-order valence-electron chi connectivity index (χ1n) is 10.7. The molecule has 1 saturated heterocycles. The number of imide groups is 1. The number of esters is 2. The first kappa shape index (κ1) is 22.7. The molecule has 3 atom stereocenters. The van der Waals surface area contributed by atoms with Crippen LogP contribution in [0, 0.1) is 11.8 Å². The number of aliphatic hydroxyl groups is 1. The molecule has 10 nitrogen and oxygen atoms in total. The van der Waals surface area contributed by atoms with Crippen LogP contribution in [0.4, 0.5) is 5.69 Å². The summed E-state index contributed by atoms with van der Waals surface area (Å²) < 4.78 is 9.84. The Bertz CT molecular complexity index is 1390. The maximum absolute atomic E-state index is 13.6. The van der Waals surface area contributed by atoms with Crippen molar-refractivity contribution in [2.45, 2.75) is 13.0 Å². The van der Waals surface area contributed by atoms with E-state index in [0.717, 1.165) is 16.2 Å². The third kappa shape index (κ3) is 3.15. The summed E-state index contributed by atoms with van der Waals surface area (Å²) >= 11 is 0.989. The number of hydrogen-bond donors (Lipinski definition) is 1. The first-order valence-corrected chi connectivity index (χ1v) is 11.5. The van der Waals surface area contributed by atoms with E-state index in [4.69, 9.17) is 9.47 Å². The third-order valence-electron chi connectivity index (χ3n) is 6.20. The van der Waals surface area contributed by atoms with E-state index >= 15 is 0 Å². The van der Waals surface area contributed by atoms with Crippen LogP contribution in [0.2, 0.25) is 0 Å². The molecule has 3 aliphatic rings. The number of methoxy groups -OCH3 is 1. The number of rotatable bonds is 5. The number of ether oxygens (including phenoxy) is 2. The summed E-state index contributed by atoms with van der Waals surface area (Å²) in [5, 5.41) is 12.4. The Kier molecular flexibility index (Phi) is 5.36. The van der Waals surface area contributed by atoms with Gasteiger partial charge in [-0.2, -0.15) is 0 Å². The maximum atomic E-state index is 13.6. The van der Waals surface area contributed by atoms with Crippen LogP contribution in [0.25, 0.3) is 5.76 Å². The molecule has 1 aromatic heterocycles. The first-order chi connectivity index (χ1) is 16.8. The number of aliphatic hydroxyl groups excluding tert-OH is 1. The topological polar surface area (TPSA) is 140 Å². The highest BCUT2D eigenvalue weighted by molar-refractivity contribution is 7.12. The molecule has 0 spiro atoms. The van der Waals surface area contributed by atoms with Gasteiger partial charge in [0.1, 0.15) is 10.6 Å². The lowest BCUT2D eigenvalue weighted by Crippen LogP contribution is -2.37. The zero-order valence-electron chi connectivity index (χ0n) is 18.5. The minimum Gasteiger partial charge on any atom is -0.506 e. The number of fused-ring (bicyclic) bond motifs is 2. The van der Waals surface area contributed by atoms with Gasteiger partial charge in [0, 0.05) is 11.1 Å². The van der Waals surface area contributed by atoms with Crippen molar-refractivity contribution in [1.82, 2.24) is 0 Å². The highest BCUT2D eigenvalue weighted by Crippen LogP contribution is 2.45. The smallest absolute Gasteiger partial charge is 0.350 e. The number of hydrogen-bond acceptors (Lipinski definition) is 10. The minimum absolute atomic E-state index is 0.0127. The third-order valence-corrected chi connectivity index (χ3v) is 7.08. The number of amides is 2. The lowest BCUT2D eigenvalue weighted by Gasteiger charge is -2.17. The highest BCUT2D eigenvalue weighted by Gasteiger charge is 2.61. The number of thiophene rings is 1. The molecule has 0 saturated carbocycles. The molecule has 1 fully saturated rings. The Labute approximate surface area is 202 Å². The number of Topliss-reactive ketones (excluding diaryl/α,β-unsaturated/α-hetero) is 1. The van der Waals surface area contributed by atoms with Crippen LogP contribution >= 0.6 is 11.3 Å². The summed E-state index contributed by atoms with van der Waals surface area (Å²) in [5.41, 5.74) is 0.133. The number of nitrogens with zero attached hydrogens (tertiary/aromatic N) is 2. The van der Waals surface area contributed by atoms with Crippen LogP contribution in [0.15, 0.2) is 46.3 Å². The number of anilines is 1. The summed E-state index contributed by atoms with van der Waals surface area (Å²) in [6.45, 7) is 1.60. The van der Waals surface area contributed by atoms with Crippen LogP contribution in [0.5, 0.6) is 0 Å². The highest BCUT2D eigenvalue weighted by atomic mass is 32.1. The Morgan fingerprint density at radius 2 is 1.83 bits per heavy atom. The standard InChI is InChI=1S/C24H18N2O8S/c1-3-34-23(31)17-14-13(16(25-17)15-18(27)10-6-4-5-7-11(10)19(15)28)21(29)26(22(14)30)12-8-9-35-20(12)24(32)33-2/h4-9,13-14,17,27H,3H2,1-2H3/t13-,14-,17-/m0/s1. The quantitative estimate of drug-likeness (QED) is 0.493. The van der Waals surface area contributed by atoms with E-state index in [0.29, 0.717) is 0 Å². The van der Waals surface area contributed by atoms with Crippen LogP contribution in [0.1, 0.15) is 32.5 Å². The van der Waals surface area contributed by atoms with Crippen molar-refractivity contribution in [3.8, 4) is 0 Å². The van der Waals surface area contributed by atoms with Crippen molar-refractivity contribution in [3.05, 3.63) is 57.3 Å². The number of allylic oxidation sites excluding steroid dienone is 1. The molecular weight excluding hydrogens is 476 g/mol. The number of aliphatic imine (C=N–C) groups is 1. The molecule has 11 heteroatoms. The van der Waals surface area contributed by atoms with Gasteiger partial charge in [0.2, 0.25) is 11.8 Å². The van der Waals surface area contributed by atoms with Gasteiger partial charge in [-0.3, -0.25) is 19.4 Å². The second-order valence-corrected chi connectivity index (χ2v) is 8.87. The molecule has 0 unspecified atom stereocenters. The second-order valence-electron chi connectivity index (χ2n) is 7.95. The van der Waals surface area contributed by atoms with Crippen molar-refractivity contribution < 1.29 is 38.6 Å². The van der Waals surface area contributed by atoms with Crippen LogP contribution < -0.4 is 4.90 Å². The zero-order valence-corrected chi connectivity index (χ0v) is 19.3. The van der Waals surface area contributed by atoms with Gasteiger partial charge in [-0.25, -0.2) is 14.5 Å².